The highest BCUT2D eigenvalue weighted by Crippen LogP contribution is 2.32. The Balaban J connectivity index is 1.74. The fraction of sp³-hybridized carbons (Fsp3) is 0.125. The predicted molar refractivity (Wildman–Crippen MR) is 80.8 cm³/mol. The third kappa shape index (κ3) is 2.56. The molecule has 0 spiro atoms. The van der Waals surface area contributed by atoms with E-state index < -0.39 is 0 Å². The van der Waals surface area contributed by atoms with Gasteiger partial charge in [-0.25, -0.2) is 0 Å². The van der Waals surface area contributed by atoms with Crippen molar-refractivity contribution in [1.29, 1.82) is 0 Å². The van der Waals surface area contributed by atoms with Crippen LogP contribution in [0.25, 0.3) is 10.1 Å². The summed E-state index contributed by atoms with van der Waals surface area (Å²) in [5, 5.41) is 10.7. The minimum Gasteiger partial charge on any atom is -0.507 e. The third-order valence-electron chi connectivity index (χ3n) is 3.03. The highest BCUT2D eigenvalue weighted by Gasteiger charge is 2.06. The number of phenols is 1. The number of thiophene rings is 1. The summed E-state index contributed by atoms with van der Waals surface area (Å²) in [6.07, 6.45) is 0. The van der Waals surface area contributed by atoms with Crippen molar-refractivity contribution in [2.24, 2.45) is 0 Å². The standard InChI is InChI=1S/C16H14O3S/c1-18-11-5-7-12(8-6-11)19-10-13-9-14-15(17)3-2-4-16(14)20-13/h2-9,17H,10H2,1H3. The number of benzene rings is 2. The highest BCUT2D eigenvalue weighted by molar-refractivity contribution is 7.19. The van der Waals surface area contributed by atoms with Crippen LogP contribution in [-0.2, 0) is 6.61 Å². The first kappa shape index (κ1) is 12.8. The summed E-state index contributed by atoms with van der Waals surface area (Å²) in [5.74, 6) is 1.92. The molecule has 0 unspecified atom stereocenters. The summed E-state index contributed by atoms with van der Waals surface area (Å²) in [6.45, 7) is 0.491. The quantitative estimate of drug-likeness (QED) is 0.781. The normalized spacial score (nSPS) is 10.7. The Hall–Kier alpha value is -2.20. The molecule has 20 heavy (non-hydrogen) atoms. The van der Waals surface area contributed by atoms with Crippen LogP contribution in [0.5, 0.6) is 17.2 Å². The molecule has 0 aliphatic carbocycles. The van der Waals surface area contributed by atoms with Crippen LogP contribution in [0, 0.1) is 0 Å². The van der Waals surface area contributed by atoms with Gasteiger partial charge < -0.3 is 14.6 Å². The largest absolute Gasteiger partial charge is 0.507 e. The Morgan fingerprint density at radius 3 is 2.50 bits per heavy atom. The first-order valence-electron chi connectivity index (χ1n) is 6.23. The topological polar surface area (TPSA) is 38.7 Å². The molecule has 0 fully saturated rings. The van der Waals surface area contributed by atoms with Crippen LogP contribution in [-0.4, -0.2) is 12.2 Å². The van der Waals surface area contributed by atoms with Gasteiger partial charge in [0.1, 0.15) is 23.9 Å². The van der Waals surface area contributed by atoms with Crippen LogP contribution in [0.15, 0.2) is 48.5 Å². The zero-order chi connectivity index (χ0) is 13.9. The lowest BCUT2D eigenvalue weighted by Crippen LogP contribution is -1.92. The van der Waals surface area contributed by atoms with Crippen molar-refractivity contribution in [3.63, 3.8) is 0 Å². The van der Waals surface area contributed by atoms with Crippen LogP contribution in [0.2, 0.25) is 0 Å². The second-order valence-corrected chi connectivity index (χ2v) is 5.53. The molecular weight excluding hydrogens is 272 g/mol. The molecule has 3 nitrogen and oxygen atoms in total. The summed E-state index contributed by atoms with van der Waals surface area (Å²) in [5.41, 5.74) is 0. The number of phenolic OH excluding ortho intramolecular Hbond substituents is 1. The van der Waals surface area contributed by atoms with Crippen molar-refractivity contribution in [2.75, 3.05) is 7.11 Å². The van der Waals surface area contributed by atoms with E-state index in [1.807, 2.05) is 42.5 Å². The summed E-state index contributed by atoms with van der Waals surface area (Å²) < 4.78 is 11.9. The second-order valence-electron chi connectivity index (χ2n) is 4.37. The lowest BCUT2D eigenvalue weighted by molar-refractivity contribution is 0.309. The maximum atomic E-state index is 9.78. The number of ether oxygens (including phenoxy) is 2. The third-order valence-corrected chi connectivity index (χ3v) is 4.10. The molecule has 2 aromatic carbocycles. The molecule has 0 saturated carbocycles. The van der Waals surface area contributed by atoms with Gasteiger partial charge in [0.25, 0.3) is 0 Å². The number of fused-ring (bicyclic) bond motifs is 1. The number of methoxy groups -OCH3 is 1. The Morgan fingerprint density at radius 2 is 1.80 bits per heavy atom. The van der Waals surface area contributed by atoms with E-state index in [0.29, 0.717) is 12.4 Å². The van der Waals surface area contributed by atoms with E-state index in [1.165, 1.54) is 0 Å². The van der Waals surface area contributed by atoms with E-state index in [-0.39, 0.29) is 0 Å². The van der Waals surface area contributed by atoms with Crippen molar-refractivity contribution < 1.29 is 14.6 Å². The summed E-state index contributed by atoms with van der Waals surface area (Å²) in [4.78, 5) is 1.08. The summed E-state index contributed by atoms with van der Waals surface area (Å²) in [6, 6.07) is 15.0. The molecule has 102 valence electrons. The van der Waals surface area contributed by atoms with Crippen molar-refractivity contribution in [1.82, 2.24) is 0 Å². The Morgan fingerprint density at radius 1 is 1.05 bits per heavy atom. The van der Waals surface area contributed by atoms with E-state index in [2.05, 4.69) is 0 Å². The highest BCUT2D eigenvalue weighted by atomic mass is 32.1. The van der Waals surface area contributed by atoms with E-state index in [4.69, 9.17) is 9.47 Å². The molecule has 1 heterocycles. The van der Waals surface area contributed by atoms with Crippen LogP contribution < -0.4 is 9.47 Å². The molecule has 1 aromatic heterocycles. The molecule has 0 aliphatic rings. The minimum atomic E-state index is 0.314. The SMILES string of the molecule is COc1ccc(OCc2cc3c(O)cccc3s2)cc1. The van der Waals surface area contributed by atoms with Crippen LogP contribution >= 0.6 is 11.3 Å². The van der Waals surface area contributed by atoms with Gasteiger partial charge in [-0.05, 0) is 42.5 Å². The van der Waals surface area contributed by atoms with E-state index in [0.717, 1.165) is 26.5 Å². The number of aromatic hydroxyl groups is 1. The molecule has 0 amide bonds. The monoisotopic (exact) mass is 286 g/mol. The van der Waals surface area contributed by atoms with E-state index in [1.54, 1.807) is 24.5 Å². The lowest BCUT2D eigenvalue weighted by Gasteiger charge is -2.05. The zero-order valence-electron chi connectivity index (χ0n) is 11.0. The van der Waals surface area contributed by atoms with Gasteiger partial charge in [-0.3, -0.25) is 0 Å². The molecule has 0 bridgehead atoms. The fourth-order valence-corrected chi connectivity index (χ4v) is 2.99. The molecular formula is C16H14O3S. The fourth-order valence-electron chi connectivity index (χ4n) is 2.00. The first-order chi connectivity index (χ1) is 9.76. The van der Waals surface area contributed by atoms with Crippen LogP contribution in [0.1, 0.15) is 4.88 Å². The van der Waals surface area contributed by atoms with Crippen molar-refractivity contribution >= 4 is 21.4 Å². The van der Waals surface area contributed by atoms with Gasteiger partial charge in [0.2, 0.25) is 0 Å². The smallest absolute Gasteiger partial charge is 0.124 e. The Kier molecular flexibility index (Phi) is 3.48. The van der Waals surface area contributed by atoms with Crippen molar-refractivity contribution in [3.05, 3.63) is 53.4 Å². The van der Waals surface area contributed by atoms with Crippen LogP contribution in [0.4, 0.5) is 0 Å². The van der Waals surface area contributed by atoms with Gasteiger partial charge >= 0.3 is 0 Å². The molecule has 0 saturated heterocycles. The number of rotatable bonds is 4. The van der Waals surface area contributed by atoms with Gasteiger partial charge in [-0.1, -0.05) is 6.07 Å². The average molecular weight is 286 g/mol. The van der Waals surface area contributed by atoms with Gasteiger partial charge in [-0.15, -0.1) is 11.3 Å². The van der Waals surface area contributed by atoms with Gasteiger partial charge in [0.15, 0.2) is 0 Å². The molecule has 4 heteroatoms. The maximum absolute atomic E-state index is 9.78. The van der Waals surface area contributed by atoms with Gasteiger partial charge in [0.05, 0.1) is 7.11 Å². The Bertz CT molecular complexity index is 716. The van der Waals surface area contributed by atoms with Crippen molar-refractivity contribution in [2.45, 2.75) is 6.61 Å². The molecule has 0 atom stereocenters. The number of hydrogen-bond acceptors (Lipinski definition) is 4. The summed E-state index contributed by atoms with van der Waals surface area (Å²) >= 11 is 1.63. The van der Waals surface area contributed by atoms with Gasteiger partial charge in [-0.2, -0.15) is 0 Å². The average Bonchev–Trinajstić information content (AvgIpc) is 2.90. The minimum absolute atomic E-state index is 0.314. The molecule has 3 aromatic rings. The molecule has 0 radical (unpaired) electrons. The van der Waals surface area contributed by atoms with E-state index in [9.17, 15) is 5.11 Å². The van der Waals surface area contributed by atoms with Crippen LogP contribution in [0.3, 0.4) is 0 Å². The Labute approximate surface area is 121 Å². The zero-order valence-corrected chi connectivity index (χ0v) is 11.8. The molecule has 1 N–H and O–H groups in total. The second kappa shape index (κ2) is 5.43. The van der Waals surface area contributed by atoms with E-state index >= 15 is 0 Å². The summed E-state index contributed by atoms with van der Waals surface area (Å²) in [7, 11) is 1.64. The molecule has 3 rings (SSSR count). The predicted octanol–water partition coefficient (Wildman–Crippen LogP) is 4.19. The maximum Gasteiger partial charge on any atom is 0.124 e. The molecule has 0 aliphatic heterocycles. The van der Waals surface area contributed by atoms with Crippen molar-refractivity contribution in [3.8, 4) is 17.2 Å². The van der Waals surface area contributed by atoms with Gasteiger partial charge in [0, 0.05) is 15.0 Å². The first-order valence-corrected chi connectivity index (χ1v) is 7.05. The lowest BCUT2D eigenvalue weighted by atomic mass is 10.2. The number of hydrogen-bond donors (Lipinski definition) is 1.